The highest BCUT2D eigenvalue weighted by atomic mass is 16.5. The van der Waals surface area contributed by atoms with Gasteiger partial charge in [0.05, 0.1) is 7.11 Å². The van der Waals surface area contributed by atoms with Crippen molar-refractivity contribution < 1.29 is 14.3 Å². The van der Waals surface area contributed by atoms with Crippen molar-refractivity contribution in [3.8, 4) is 5.75 Å². The van der Waals surface area contributed by atoms with Gasteiger partial charge in [0, 0.05) is 37.0 Å². The Morgan fingerprint density at radius 2 is 1.91 bits per heavy atom. The van der Waals surface area contributed by atoms with E-state index in [-0.39, 0.29) is 17.6 Å². The van der Waals surface area contributed by atoms with Gasteiger partial charge in [-0.3, -0.25) is 9.69 Å². The number of hydrogen-bond acceptors (Lipinski definition) is 4. The summed E-state index contributed by atoms with van der Waals surface area (Å²) in [6.45, 7) is 8.11. The molecule has 0 radical (unpaired) electrons. The Hall–Kier alpha value is -2.50. The smallest absolute Gasteiger partial charge is 0.328 e. The molecule has 1 fully saturated rings. The Balaban J connectivity index is 2.35. The van der Waals surface area contributed by atoms with Gasteiger partial charge in [-0.1, -0.05) is 0 Å². The molecule has 6 nitrogen and oxygen atoms in total. The second-order valence-corrected chi connectivity index (χ2v) is 5.14. The minimum atomic E-state index is -0.387. The van der Waals surface area contributed by atoms with E-state index < -0.39 is 0 Å². The Morgan fingerprint density at radius 1 is 1.22 bits per heavy atom. The summed E-state index contributed by atoms with van der Waals surface area (Å²) < 4.78 is 5.44. The molecule has 1 aliphatic heterocycles. The predicted molar refractivity (Wildman–Crippen MR) is 90.5 cm³/mol. The van der Waals surface area contributed by atoms with Crippen LogP contribution in [-0.4, -0.2) is 43.6 Å². The van der Waals surface area contributed by atoms with E-state index in [1.165, 1.54) is 4.90 Å². The molecule has 1 heterocycles. The highest BCUT2D eigenvalue weighted by molar-refractivity contribution is 6.14. The molecular weight excluding hydrogens is 294 g/mol. The maximum absolute atomic E-state index is 12.1. The van der Waals surface area contributed by atoms with E-state index in [2.05, 4.69) is 24.1 Å². The van der Waals surface area contributed by atoms with E-state index in [0.29, 0.717) is 12.3 Å². The molecule has 1 aliphatic rings. The lowest BCUT2D eigenvalue weighted by Crippen LogP contribution is -2.30. The highest BCUT2D eigenvalue weighted by Crippen LogP contribution is 2.28. The molecule has 0 atom stereocenters. The van der Waals surface area contributed by atoms with Gasteiger partial charge in [0.15, 0.2) is 0 Å². The zero-order valence-corrected chi connectivity index (χ0v) is 14.0. The van der Waals surface area contributed by atoms with E-state index in [0.717, 1.165) is 24.3 Å². The van der Waals surface area contributed by atoms with E-state index in [9.17, 15) is 9.59 Å². The van der Waals surface area contributed by atoms with Crippen molar-refractivity contribution in [3.63, 3.8) is 0 Å². The molecule has 0 unspecified atom stereocenters. The summed E-state index contributed by atoms with van der Waals surface area (Å²) in [5, 5.41) is 2.60. The number of urea groups is 1. The number of methoxy groups -OCH3 is 1. The summed E-state index contributed by atoms with van der Waals surface area (Å²) in [5.41, 5.74) is 2.08. The van der Waals surface area contributed by atoms with Crippen molar-refractivity contribution in [1.29, 1.82) is 0 Å². The summed E-state index contributed by atoms with van der Waals surface area (Å²) in [6.07, 6.45) is 1.65. The average molecular weight is 317 g/mol. The van der Waals surface area contributed by atoms with Crippen molar-refractivity contribution in [2.24, 2.45) is 0 Å². The van der Waals surface area contributed by atoms with Crippen LogP contribution in [0.25, 0.3) is 6.08 Å². The maximum Gasteiger partial charge on any atom is 0.328 e. The van der Waals surface area contributed by atoms with E-state index in [1.54, 1.807) is 20.1 Å². The fourth-order valence-corrected chi connectivity index (χ4v) is 2.62. The van der Waals surface area contributed by atoms with Crippen molar-refractivity contribution in [2.45, 2.75) is 20.8 Å². The Morgan fingerprint density at radius 3 is 2.43 bits per heavy atom. The summed E-state index contributed by atoms with van der Waals surface area (Å²) in [5.74, 6) is 0.353. The van der Waals surface area contributed by atoms with Crippen molar-refractivity contribution in [1.82, 2.24) is 10.2 Å². The van der Waals surface area contributed by atoms with Crippen molar-refractivity contribution in [3.05, 3.63) is 29.5 Å². The molecule has 23 heavy (non-hydrogen) atoms. The molecular formula is C17H23N3O3. The summed E-state index contributed by atoms with van der Waals surface area (Å²) >= 11 is 0. The Labute approximate surface area is 136 Å². The van der Waals surface area contributed by atoms with Gasteiger partial charge in [-0.2, -0.15) is 0 Å². The monoisotopic (exact) mass is 317 g/mol. The number of rotatable bonds is 6. The molecule has 124 valence electrons. The van der Waals surface area contributed by atoms with E-state index in [1.807, 2.05) is 18.2 Å². The van der Waals surface area contributed by atoms with Crippen LogP contribution in [0, 0.1) is 0 Å². The molecule has 0 aliphatic carbocycles. The van der Waals surface area contributed by atoms with Crippen LogP contribution in [-0.2, 0) is 4.79 Å². The normalized spacial score (nSPS) is 16.0. The summed E-state index contributed by atoms with van der Waals surface area (Å²) in [7, 11) is 1.59. The Kier molecular flexibility index (Phi) is 5.26. The fraction of sp³-hybridized carbons (Fsp3) is 0.412. The Bertz CT molecular complexity index is 636. The van der Waals surface area contributed by atoms with Crippen LogP contribution >= 0.6 is 0 Å². The van der Waals surface area contributed by atoms with Crippen LogP contribution in [0.1, 0.15) is 26.3 Å². The molecule has 3 amide bonds. The van der Waals surface area contributed by atoms with Crippen molar-refractivity contribution >= 4 is 23.7 Å². The van der Waals surface area contributed by atoms with Crippen LogP contribution < -0.4 is 15.0 Å². The fourth-order valence-electron chi connectivity index (χ4n) is 2.62. The number of benzene rings is 1. The SMILES string of the molecule is CCN1C(=O)NC(=Cc2ccc(N(CC)CC)cc2OC)C1=O. The molecule has 0 aromatic heterocycles. The number of nitrogens with one attached hydrogen (secondary N) is 1. The topological polar surface area (TPSA) is 61.9 Å². The molecule has 2 rings (SSSR count). The van der Waals surface area contributed by atoms with Gasteiger partial charge in [0.2, 0.25) is 0 Å². The first kappa shape index (κ1) is 16.9. The number of carbonyl (C=O) groups excluding carboxylic acids is 2. The molecule has 6 heteroatoms. The summed E-state index contributed by atoms with van der Waals surface area (Å²) in [6, 6.07) is 5.44. The third-order valence-electron chi connectivity index (χ3n) is 3.92. The molecule has 1 aromatic rings. The highest BCUT2D eigenvalue weighted by Gasteiger charge is 2.32. The largest absolute Gasteiger partial charge is 0.496 e. The van der Waals surface area contributed by atoms with Crippen LogP contribution in [0.15, 0.2) is 23.9 Å². The summed E-state index contributed by atoms with van der Waals surface area (Å²) in [4.78, 5) is 27.2. The molecule has 0 saturated carbocycles. The number of carbonyl (C=O) groups is 2. The number of anilines is 1. The zero-order chi connectivity index (χ0) is 17.0. The third kappa shape index (κ3) is 3.31. The van der Waals surface area contributed by atoms with Gasteiger partial charge in [0.1, 0.15) is 11.4 Å². The van der Waals surface area contributed by atoms with Gasteiger partial charge in [-0.15, -0.1) is 0 Å². The van der Waals surface area contributed by atoms with E-state index in [4.69, 9.17) is 4.74 Å². The molecule has 1 aromatic carbocycles. The molecule has 0 spiro atoms. The van der Waals surface area contributed by atoms with E-state index >= 15 is 0 Å². The van der Waals surface area contributed by atoms with Gasteiger partial charge >= 0.3 is 6.03 Å². The lowest BCUT2D eigenvalue weighted by Gasteiger charge is -2.22. The molecule has 1 N–H and O–H groups in total. The average Bonchev–Trinajstić information content (AvgIpc) is 2.83. The van der Waals surface area contributed by atoms with Crippen molar-refractivity contribution in [2.75, 3.05) is 31.6 Å². The quantitative estimate of drug-likeness (QED) is 0.647. The minimum Gasteiger partial charge on any atom is -0.496 e. The second-order valence-electron chi connectivity index (χ2n) is 5.14. The standard InChI is InChI=1S/C17H23N3O3/c1-5-19(6-2)13-9-8-12(15(11-13)23-4)10-14-16(21)20(7-3)17(22)18-14/h8-11H,5-7H2,1-4H3,(H,18,22). The van der Waals surface area contributed by atoms with Crippen LogP contribution in [0.4, 0.5) is 10.5 Å². The lowest BCUT2D eigenvalue weighted by molar-refractivity contribution is -0.122. The first-order valence-electron chi connectivity index (χ1n) is 7.83. The zero-order valence-electron chi connectivity index (χ0n) is 14.0. The number of amides is 3. The van der Waals surface area contributed by atoms with Crippen LogP contribution in [0.2, 0.25) is 0 Å². The number of imide groups is 1. The maximum atomic E-state index is 12.1. The van der Waals surface area contributed by atoms with Gasteiger partial charge in [0.25, 0.3) is 5.91 Å². The lowest BCUT2D eigenvalue weighted by atomic mass is 10.1. The third-order valence-corrected chi connectivity index (χ3v) is 3.92. The van der Waals surface area contributed by atoms with Gasteiger partial charge in [-0.25, -0.2) is 4.79 Å². The first-order chi connectivity index (χ1) is 11.0. The second kappa shape index (κ2) is 7.17. The first-order valence-corrected chi connectivity index (χ1v) is 7.83. The number of likely N-dealkylation sites (N-methyl/N-ethyl adjacent to an activating group) is 1. The van der Waals surface area contributed by atoms with Crippen LogP contribution in [0.3, 0.4) is 0 Å². The van der Waals surface area contributed by atoms with Crippen LogP contribution in [0.5, 0.6) is 5.75 Å². The van der Waals surface area contributed by atoms with Gasteiger partial charge in [-0.05, 0) is 39.0 Å². The number of nitrogens with zero attached hydrogens (tertiary/aromatic N) is 2. The minimum absolute atomic E-state index is 0.269. The molecule has 0 bridgehead atoms. The van der Waals surface area contributed by atoms with Gasteiger partial charge < -0.3 is 15.0 Å². The molecule has 1 saturated heterocycles. The number of ether oxygens (including phenoxy) is 1. The predicted octanol–water partition coefficient (Wildman–Crippen LogP) is 2.45. The number of hydrogen-bond donors (Lipinski definition) is 1.